The number of nitrogens with zero attached hydrogens (tertiary/aromatic N) is 2. The molecular formula is C22H29N3O2. The number of hydrogen-bond acceptors (Lipinski definition) is 3. The van der Waals surface area contributed by atoms with E-state index in [-0.39, 0.29) is 6.03 Å². The molecule has 1 saturated heterocycles. The topological polar surface area (TPSA) is 44.8 Å². The van der Waals surface area contributed by atoms with Gasteiger partial charge in [0.05, 0.1) is 6.61 Å². The van der Waals surface area contributed by atoms with Gasteiger partial charge in [0.1, 0.15) is 5.75 Å². The molecule has 2 aromatic rings. The molecule has 0 atom stereocenters. The minimum Gasteiger partial charge on any atom is -0.493 e. The van der Waals surface area contributed by atoms with Crippen LogP contribution >= 0.6 is 0 Å². The van der Waals surface area contributed by atoms with Gasteiger partial charge < -0.3 is 19.9 Å². The SMILES string of the molecule is CC(C)COc1ccc(CNC(=O)N2CCN(c3ccccc3)CC2)cc1. The van der Waals surface area contributed by atoms with Crippen molar-refractivity contribution < 1.29 is 9.53 Å². The van der Waals surface area contributed by atoms with Gasteiger partial charge in [-0.1, -0.05) is 44.2 Å². The first-order valence-corrected chi connectivity index (χ1v) is 9.66. The number of urea groups is 1. The van der Waals surface area contributed by atoms with E-state index in [1.54, 1.807) is 0 Å². The summed E-state index contributed by atoms with van der Waals surface area (Å²) in [6.07, 6.45) is 0. The second-order valence-electron chi connectivity index (χ2n) is 7.32. The number of ether oxygens (including phenoxy) is 1. The first kappa shape index (κ1) is 19.1. The molecule has 2 amide bonds. The van der Waals surface area contributed by atoms with Gasteiger partial charge in [-0.3, -0.25) is 0 Å². The molecule has 0 bridgehead atoms. The van der Waals surface area contributed by atoms with Crippen LogP contribution in [0.3, 0.4) is 0 Å². The maximum Gasteiger partial charge on any atom is 0.317 e. The van der Waals surface area contributed by atoms with E-state index >= 15 is 0 Å². The number of hydrogen-bond donors (Lipinski definition) is 1. The number of rotatable bonds is 6. The maximum atomic E-state index is 12.4. The molecule has 1 N–H and O–H groups in total. The first-order valence-electron chi connectivity index (χ1n) is 9.66. The standard InChI is InChI=1S/C22H29N3O2/c1-18(2)17-27-21-10-8-19(9-11-21)16-23-22(26)25-14-12-24(13-15-25)20-6-4-3-5-7-20/h3-11,18H,12-17H2,1-2H3,(H,23,26). The van der Waals surface area contributed by atoms with Gasteiger partial charge >= 0.3 is 6.03 Å². The van der Waals surface area contributed by atoms with Gasteiger partial charge in [-0.15, -0.1) is 0 Å². The van der Waals surface area contributed by atoms with E-state index in [4.69, 9.17) is 4.74 Å². The molecule has 0 saturated carbocycles. The Balaban J connectivity index is 1.42. The van der Waals surface area contributed by atoms with Crippen LogP contribution in [0.15, 0.2) is 54.6 Å². The van der Waals surface area contributed by atoms with Crippen molar-refractivity contribution in [3.05, 3.63) is 60.2 Å². The summed E-state index contributed by atoms with van der Waals surface area (Å²) in [5.74, 6) is 1.38. The lowest BCUT2D eigenvalue weighted by Gasteiger charge is -2.36. The lowest BCUT2D eigenvalue weighted by atomic mass is 10.2. The van der Waals surface area contributed by atoms with Crippen LogP contribution in [0, 0.1) is 5.92 Å². The zero-order valence-corrected chi connectivity index (χ0v) is 16.2. The number of piperazine rings is 1. The van der Waals surface area contributed by atoms with Gasteiger partial charge in [0.2, 0.25) is 0 Å². The van der Waals surface area contributed by atoms with Crippen LogP contribution in [0.5, 0.6) is 5.75 Å². The van der Waals surface area contributed by atoms with Gasteiger partial charge in [0.15, 0.2) is 0 Å². The fourth-order valence-corrected chi connectivity index (χ4v) is 3.06. The number of amides is 2. The molecule has 3 rings (SSSR count). The minimum absolute atomic E-state index is 0.00264. The van der Waals surface area contributed by atoms with Gasteiger partial charge in [-0.2, -0.15) is 0 Å². The Bertz CT molecular complexity index is 708. The second-order valence-corrected chi connectivity index (χ2v) is 7.32. The molecule has 0 spiro atoms. The second kappa shape index (κ2) is 9.31. The van der Waals surface area contributed by atoms with Crippen molar-refractivity contribution in [2.75, 3.05) is 37.7 Å². The first-order chi connectivity index (χ1) is 13.1. The summed E-state index contributed by atoms with van der Waals surface area (Å²) in [7, 11) is 0. The van der Waals surface area contributed by atoms with E-state index in [9.17, 15) is 4.79 Å². The Morgan fingerprint density at radius 1 is 1.00 bits per heavy atom. The lowest BCUT2D eigenvalue weighted by Crippen LogP contribution is -2.51. The molecule has 27 heavy (non-hydrogen) atoms. The van der Waals surface area contributed by atoms with Crippen LogP contribution < -0.4 is 15.0 Å². The zero-order valence-electron chi connectivity index (χ0n) is 16.2. The fourth-order valence-electron chi connectivity index (χ4n) is 3.06. The van der Waals surface area contributed by atoms with Crippen LogP contribution in [-0.4, -0.2) is 43.7 Å². The van der Waals surface area contributed by atoms with Gasteiger partial charge in [-0.25, -0.2) is 4.79 Å². The summed E-state index contributed by atoms with van der Waals surface area (Å²) >= 11 is 0. The molecule has 144 valence electrons. The Hall–Kier alpha value is -2.69. The zero-order chi connectivity index (χ0) is 19.1. The quantitative estimate of drug-likeness (QED) is 0.846. The summed E-state index contributed by atoms with van der Waals surface area (Å²) in [4.78, 5) is 16.6. The van der Waals surface area contributed by atoms with E-state index in [0.717, 1.165) is 37.5 Å². The van der Waals surface area contributed by atoms with E-state index < -0.39 is 0 Å². The number of nitrogens with one attached hydrogen (secondary N) is 1. The summed E-state index contributed by atoms with van der Waals surface area (Å²) in [6.45, 7) is 8.70. The van der Waals surface area contributed by atoms with Crippen LogP contribution in [0.2, 0.25) is 0 Å². The summed E-state index contributed by atoms with van der Waals surface area (Å²) in [5.41, 5.74) is 2.29. The highest BCUT2D eigenvalue weighted by molar-refractivity contribution is 5.74. The predicted molar refractivity (Wildman–Crippen MR) is 109 cm³/mol. The molecule has 1 aliphatic heterocycles. The van der Waals surface area contributed by atoms with Crippen molar-refractivity contribution in [1.29, 1.82) is 0 Å². The highest BCUT2D eigenvalue weighted by atomic mass is 16.5. The molecule has 0 unspecified atom stereocenters. The van der Waals surface area contributed by atoms with E-state index in [2.05, 4.69) is 36.2 Å². The smallest absolute Gasteiger partial charge is 0.317 e. The molecule has 1 fully saturated rings. The fraction of sp³-hybridized carbons (Fsp3) is 0.409. The van der Waals surface area contributed by atoms with Gasteiger partial charge in [-0.05, 0) is 35.7 Å². The molecule has 1 aliphatic rings. The van der Waals surface area contributed by atoms with Crippen molar-refractivity contribution in [1.82, 2.24) is 10.2 Å². The van der Waals surface area contributed by atoms with Crippen molar-refractivity contribution >= 4 is 11.7 Å². The van der Waals surface area contributed by atoms with Crippen LogP contribution in [0.25, 0.3) is 0 Å². The van der Waals surface area contributed by atoms with Crippen molar-refractivity contribution in [2.24, 2.45) is 5.92 Å². The third-order valence-electron chi connectivity index (χ3n) is 4.64. The minimum atomic E-state index is 0.00264. The Morgan fingerprint density at radius 2 is 1.67 bits per heavy atom. The van der Waals surface area contributed by atoms with Crippen molar-refractivity contribution in [3.63, 3.8) is 0 Å². The largest absolute Gasteiger partial charge is 0.493 e. The van der Waals surface area contributed by atoms with Crippen LogP contribution in [0.1, 0.15) is 19.4 Å². The van der Waals surface area contributed by atoms with Crippen molar-refractivity contribution in [3.8, 4) is 5.75 Å². The highest BCUT2D eigenvalue weighted by Crippen LogP contribution is 2.16. The molecule has 0 aliphatic carbocycles. The summed E-state index contributed by atoms with van der Waals surface area (Å²) in [6, 6.07) is 18.3. The maximum absolute atomic E-state index is 12.4. The highest BCUT2D eigenvalue weighted by Gasteiger charge is 2.20. The summed E-state index contributed by atoms with van der Waals surface area (Å²) in [5, 5.41) is 3.02. The number of carbonyl (C=O) groups is 1. The third kappa shape index (κ3) is 5.64. The Kier molecular flexibility index (Phi) is 6.58. The van der Waals surface area contributed by atoms with E-state index in [1.807, 2.05) is 47.4 Å². The number of carbonyl (C=O) groups excluding carboxylic acids is 1. The molecular weight excluding hydrogens is 338 g/mol. The van der Waals surface area contributed by atoms with Crippen molar-refractivity contribution in [2.45, 2.75) is 20.4 Å². The lowest BCUT2D eigenvalue weighted by molar-refractivity contribution is 0.194. The number of para-hydroxylation sites is 1. The third-order valence-corrected chi connectivity index (χ3v) is 4.64. The molecule has 2 aromatic carbocycles. The number of anilines is 1. The average molecular weight is 367 g/mol. The molecule has 5 heteroatoms. The molecule has 1 heterocycles. The predicted octanol–water partition coefficient (Wildman–Crippen LogP) is 3.75. The van der Waals surface area contributed by atoms with E-state index in [0.29, 0.717) is 19.1 Å². The molecule has 0 aromatic heterocycles. The molecule has 0 radical (unpaired) electrons. The normalized spacial score (nSPS) is 14.3. The summed E-state index contributed by atoms with van der Waals surface area (Å²) < 4.78 is 5.69. The van der Waals surface area contributed by atoms with Gasteiger partial charge in [0.25, 0.3) is 0 Å². The van der Waals surface area contributed by atoms with Crippen LogP contribution in [0.4, 0.5) is 10.5 Å². The average Bonchev–Trinajstić information content (AvgIpc) is 2.72. The number of benzene rings is 2. The molecule has 5 nitrogen and oxygen atoms in total. The van der Waals surface area contributed by atoms with Gasteiger partial charge in [0, 0.05) is 38.4 Å². The van der Waals surface area contributed by atoms with Crippen LogP contribution in [-0.2, 0) is 6.54 Å². The Morgan fingerprint density at radius 3 is 2.30 bits per heavy atom. The Labute approximate surface area is 161 Å². The van der Waals surface area contributed by atoms with E-state index in [1.165, 1.54) is 5.69 Å². The monoisotopic (exact) mass is 367 g/mol.